The maximum Gasteiger partial charge on any atom is 0.500 e. The summed E-state index contributed by atoms with van der Waals surface area (Å²) < 4.78 is 20.3. The van der Waals surface area contributed by atoms with Crippen molar-refractivity contribution >= 4 is 20.7 Å². The van der Waals surface area contributed by atoms with E-state index >= 15 is 0 Å². The Bertz CT molecular complexity index is 290. The van der Waals surface area contributed by atoms with Crippen LogP contribution in [0.2, 0.25) is 6.04 Å². The van der Waals surface area contributed by atoms with E-state index in [1.807, 2.05) is 0 Å². The van der Waals surface area contributed by atoms with Crippen molar-refractivity contribution in [1.29, 1.82) is 0 Å². The van der Waals surface area contributed by atoms with E-state index in [9.17, 15) is 9.59 Å². The van der Waals surface area contributed by atoms with Gasteiger partial charge in [0.2, 0.25) is 0 Å². The number of carboxylic acid groups (broad SMARTS) is 1. The van der Waals surface area contributed by atoms with Crippen LogP contribution in [0.5, 0.6) is 0 Å². The minimum Gasteiger partial charge on any atom is -0.478 e. The molecule has 8 heteroatoms. The van der Waals surface area contributed by atoms with Crippen molar-refractivity contribution in [3.63, 3.8) is 0 Å². The predicted molar refractivity (Wildman–Crippen MR) is 63.9 cm³/mol. The van der Waals surface area contributed by atoms with Gasteiger partial charge >= 0.3 is 20.7 Å². The van der Waals surface area contributed by atoms with E-state index in [1.165, 1.54) is 21.3 Å². The molecule has 0 radical (unpaired) electrons. The third-order valence-electron chi connectivity index (χ3n) is 2.17. The predicted octanol–water partition coefficient (Wildman–Crippen LogP) is 0.439. The lowest BCUT2D eigenvalue weighted by molar-refractivity contribution is -0.138. The van der Waals surface area contributed by atoms with E-state index in [4.69, 9.17) is 23.1 Å². The van der Waals surface area contributed by atoms with Crippen LogP contribution in [-0.2, 0) is 27.6 Å². The third kappa shape index (κ3) is 6.50. The Morgan fingerprint density at radius 1 is 1.11 bits per heavy atom. The highest BCUT2D eigenvalue weighted by Gasteiger charge is 2.36. The minimum absolute atomic E-state index is 0.146. The molecule has 1 N–H and O–H groups in total. The van der Waals surface area contributed by atoms with Gasteiger partial charge in [-0.05, 0) is 6.42 Å². The molecule has 0 rings (SSSR count). The quantitative estimate of drug-likeness (QED) is 0.283. The first-order valence-corrected chi connectivity index (χ1v) is 7.16. The van der Waals surface area contributed by atoms with Crippen LogP contribution in [0.25, 0.3) is 0 Å². The average Bonchev–Trinajstić information content (AvgIpc) is 2.37. The number of carboxylic acids is 1. The van der Waals surface area contributed by atoms with Crippen LogP contribution in [-0.4, -0.2) is 53.8 Å². The van der Waals surface area contributed by atoms with Gasteiger partial charge in [-0.25, -0.2) is 9.59 Å². The van der Waals surface area contributed by atoms with Crippen molar-refractivity contribution in [2.45, 2.75) is 12.5 Å². The molecule has 0 aromatic carbocycles. The van der Waals surface area contributed by atoms with Gasteiger partial charge in [0.25, 0.3) is 0 Å². The van der Waals surface area contributed by atoms with Crippen LogP contribution < -0.4 is 0 Å². The maximum absolute atomic E-state index is 11.0. The van der Waals surface area contributed by atoms with Gasteiger partial charge in [0.15, 0.2) is 0 Å². The van der Waals surface area contributed by atoms with Crippen molar-refractivity contribution in [3.05, 3.63) is 12.2 Å². The smallest absolute Gasteiger partial charge is 0.478 e. The molecular weight excluding hydrogens is 260 g/mol. The summed E-state index contributed by atoms with van der Waals surface area (Å²) in [4.78, 5) is 21.2. The molecular formula is C10H18O7Si. The van der Waals surface area contributed by atoms with Crippen molar-refractivity contribution in [2.75, 3.05) is 27.9 Å². The van der Waals surface area contributed by atoms with Crippen LogP contribution >= 0.6 is 0 Å². The average molecular weight is 278 g/mol. The fraction of sp³-hybridized carbons (Fsp3) is 0.600. The normalized spacial score (nSPS) is 11.7. The first-order chi connectivity index (χ1) is 8.49. The van der Waals surface area contributed by atoms with Gasteiger partial charge < -0.3 is 23.1 Å². The van der Waals surface area contributed by atoms with Gasteiger partial charge in [0.05, 0.1) is 6.61 Å². The van der Waals surface area contributed by atoms with E-state index in [1.54, 1.807) is 0 Å². The number of carbonyl (C=O) groups is 2. The molecule has 18 heavy (non-hydrogen) atoms. The second-order valence-corrected chi connectivity index (χ2v) is 6.33. The lowest BCUT2D eigenvalue weighted by atomic mass is 10.5. The Kier molecular flexibility index (Phi) is 8.21. The summed E-state index contributed by atoms with van der Waals surface area (Å²) >= 11 is 0. The Morgan fingerprint density at radius 3 is 2.11 bits per heavy atom. The fourth-order valence-corrected chi connectivity index (χ4v) is 2.89. The summed E-state index contributed by atoms with van der Waals surface area (Å²) in [5.41, 5.74) is 0. The molecule has 0 unspecified atom stereocenters. The lowest BCUT2D eigenvalue weighted by Crippen LogP contribution is -2.42. The Balaban J connectivity index is 3.92. The molecule has 0 aromatic rings. The van der Waals surface area contributed by atoms with Crippen LogP contribution in [0.3, 0.4) is 0 Å². The highest BCUT2D eigenvalue weighted by Crippen LogP contribution is 2.14. The number of rotatable bonds is 9. The molecule has 0 bridgehead atoms. The van der Waals surface area contributed by atoms with E-state index in [-0.39, 0.29) is 6.61 Å². The summed E-state index contributed by atoms with van der Waals surface area (Å²) in [6.07, 6.45) is 2.09. The van der Waals surface area contributed by atoms with Gasteiger partial charge in [-0.2, -0.15) is 0 Å². The van der Waals surface area contributed by atoms with Crippen LogP contribution in [0.1, 0.15) is 6.42 Å². The molecule has 0 spiro atoms. The zero-order valence-corrected chi connectivity index (χ0v) is 11.7. The summed E-state index contributed by atoms with van der Waals surface area (Å²) in [5, 5.41) is 8.30. The molecule has 0 saturated heterocycles. The third-order valence-corrected chi connectivity index (χ3v) is 5.00. The molecule has 0 atom stereocenters. The molecule has 7 nitrogen and oxygen atoms in total. The second kappa shape index (κ2) is 8.81. The summed E-state index contributed by atoms with van der Waals surface area (Å²) in [7, 11) is 1.87. The largest absolute Gasteiger partial charge is 0.500 e. The van der Waals surface area contributed by atoms with Gasteiger partial charge in [0, 0.05) is 39.5 Å². The molecule has 0 heterocycles. The van der Waals surface area contributed by atoms with Crippen LogP contribution in [0.4, 0.5) is 0 Å². The monoisotopic (exact) mass is 278 g/mol. The van der Waals surface area contributed by atoms with Gasteiger partial charge in [0.1, 0.15) is 0 Å². The Morgan fingerprint density at radius 2 is 1.67 bits per heavy atom. The fourth-order valence-electron chi connectivity index (χ4n) is 1.21. The lowest BCUT2D eigenvalue weighted by Gasteiger charge is -2.23. The number of aliphatic carboxylic acids is 1. The molecule has 0 saturated carbocycles. The molecule has 0 aliphatic rings. The number of ether oxygens (including phenoxy) is 1. The van der Waals surface area contributed by atoms with E-state index < -0.39 is 20.7 Å². The number of esters is 1. The van der Waals surface area contributed by atoms with Crippen molar-refractivity contribution < 1.29 is 32.7 Å². The molecule has 0 aromatic heterocycles. The number of hydrogen-bond acceptors (Lipinski definition) is 6. The molecule has 0 amide bonds. The highest BCUT2D eigenvalue weighted by molar-refractivity contribution is 6.60. The molecule has 104 valence electrons. The second-order valence-electron chi connectivity index (χ2n) is 3.24. The number of hydrogen-bond donors (Lipinski definition) is 1. The molecule has 0 aliphatic carbocycles. The van der Waals surface area contributed by atoms with Gasteiger partial charge in [-0.1, -0.05) is 0 Å². The summed E-state index contributed by atoms with van der Waals surface area (Å²) in [6, 6.07) is 0.506. The summed E-state index contributed by atoms with van der Waals surface area (Å²) in [5.74, 6) is -1.89. The first-order valence-electron chi connectivity index (χ1n) is 5.23. The van der Waals surface area contributed by atoms with Crippen molar-refractivity contribution in [1.82, 2.24) is 0 Å². The van der Waals surface area contributed by atoms with E-state index in [0.717, 1.165) is 12.2 Å². The van der Waals surface area contributed by atoms with E-state index in [2.05, 4.69) is 0 Å². The highest BCUT2D eigenvalue weighted by atomic mass is 28.4. The van der Waals surface area contributed by atoms with Gasteiger partial charge in [-0.15, -0.1) is 0 Å². The topological polar surface area (TPSA) is 91.3 Å². The number of carbonyl (C=O) groups excluding carboxylic acids is 1. The molecule has 0 fully saturated rings. The zero-order valence-electron chi connectivity index (χ0n) is 10.7. The maximum atomic E-state index is 11.0. The van der Waals surface area contributed by atoms with Crippen LogP contribution in [0.15, 0.2) is 12.2 Å². The zero-order chi connectivity index (χ0) is 14.0. The Labute approximate surface area is 107 Å². The SMILES string of the molecule is CO[Si](CCCOC(=O)/C=C\C(=O)O)(OC)OC. The molecule has 0 aliphatic heterocycles. The van der Waals surface area contributed by atoms with Gasteiger partial charge in [-0.3, -0.25) is 0 Å². The minimum atomic E-state index is -2.63. The summed E-state index contributed by atoms with van der Waals surface area (Å²) in [6.45, 7) is 0.146. The van der Waals surface area contributed by atoms with Crippen molar-refractivity contribution in [3.8, 4) is 0 Å². The van der Waals surface area contributed by atoms with Crippen LogP contribution in [0, 0.1) is 0 Å². The van der Waals surface area contributed by atoms with Crippen molar-refractivity contribution in [2.24, 2.45) is 0 Å². The Hall–Kier alpha value is -1.22. The first kappa shape index (κ1) is 16.8. The standard InChI is InChI=1S/C10H18O7Si/c1-14-18(15-2,16-3)8-4-7-17-10(13)6-5-9(11)12/h5-6H,4,7-8H2,1-3H3,(H,11,12)/b6-5-. The van der Waals surface area contributed by atoms with E-state index in [0.29, 0.717) is 12.5 Å².